The summed E-state index contributed by atoms with van der Waals surface area (Å²) in [6, 6.07) is 26.2. The molecule has 4 nitrogen and oxygen atoms in total. The van der Waals surface area contributed by atoms with E-state index in [9.17, 15) is 4.79 Å². The van der Waals surface area contributed by atoms with Crippen LogP contribution in [-0.4, -0.2) is 17.6 Å². The third-order valence-electron chi connectivity index (χ3n) is 5.22. The van der Waals surface area contributed by atoms with Gasteiger partial charge in [0.05, 0.1) is 12.8 Å². The lowest BCUT2D eigenvalue weighted by Gasteiger charge is -2.06. The van der Waals surface area contributed by atoms with Crippen LogP contribution < -0.4 is 10.1 Å². The number of aryl methyl sites for hydroxylation is 1. The van der Waals surface area contributed by atoms with E-state index in [1.54, 1.807) is 13.2 Å². The molecule has 30 heavy (non-hydrogen) atoms. The highest BCUT2D eigenvalue weighted by Gasteiger charge is 2.14. The number of benzene rings is 3. The number of nitrogens with one attached hydrogen (secondary N) is 1. The Labute approximate surface area is 176 Å². The molecule has 1 amide bonds. The lowest BCUT2D eigenvalue weighted by atomic mass is 10.0. The Morgan fingerprint density at radius 3 is 2.40 bits per heavy atom. The highest BCUT2D eigenvalue weighted by Crippen LogP contribution is 2.33. The second kappa shape index (κ2) is 8.70. The third kappa shape index (κ3) is 3.98. The molecule has 0 aliphatic carbocycles. The van der Waals surface area contributed by atoms with Crippen LogP contribution in [0.25, 0.3) is 28.2 Å². The van der Waals surface area contributed by atoms with Gasteiger partial charge < -0.3 is 14.6 Å². The van der Waals surface area contributed by atoms with Gasteiger partial charge in [0.2, 0.25) is 5.91 Å². The van der Waals surface area contributed by atoms with Crippen molar-refractivity contribution in [3.05, 3.63) is 96.1 Å². The molecule has 150 valence electrons. The molecule has 1 heterocycles. The molecule has 1 aromatic heterocycles. The van der Waals surface area contributed by atoms with E-state index < -0.39 is 0 Å². The van der Waals surface area contributed by atoms with E-state index >= 15 is 0 Å². The number of amides is 1. The normalized spacial score (nSPS) is 11.1. The quantitative estimate of drug-likeness (QED) is 0.456. The van der Waals surface area contributed by atoms with Crippen molar-refractivity contribution in [3.63, 3.8) is 0 Å². The number of carbonyl (C=O) groups excluding carboxylic acids is 1. The van der Waals surface area contributed by atoms with Gasteiger partial charge in [0.15, 0.2) is 0 Å². The van der Waals surface area contributed by atoms with E-state index in [1.807, 2.05) is 60.7 Å². The second-order valence-corrected chi connectivity index (χ2v) is 7.10. The molecule has 0 fully saturated rings. The molecule has 0 aliphatic heterocycles. The average molecular weight is 396 g/mol. The fourth-order valence-corrected chi connectivity index (χ4v) is 3.69. The van der Waals surface area contributed by atoms with Gasteiger partial charge in [-0.1, -0.05) is 60.7 Å². The summed E-state index contributed by atoms with van der Waals surface area (Å²) in [6.45, 7) is 0.467. The summed E-state index contributed by atoms with van der Waals surface area (Å²) in [7, 11) is 3.70. The maximum atomic E-state index is 12.5. The highest BCUT2D eigenvalue weighted by atomic mass is 16.5. The van der Waals surface area contributed by atoms with Crippen molar-refractivity contribution in [1.82, 2.24) is 9.88 Å². The molecule has 0 atom stereocenters. The van der Waals surface area contributed by atoms with Crippen LogP contribution in [0, 0.1) is 0 Å². The molecule has 0 aliphatic rings. The van der Waals surface area contributed by atoms with E-state index in [2.05, 4.69) is 41.2 Å². The predicted molar refractivity (Wildman–Crippen MR) is 122 cm³/mol. The smallest absolute Gasteiger partial charge is 0.244 e. The van der Waals surface area contributed by atoms with Crippen molar-refractivity contribution in [1.29, 1.82) is 0 Å². The van der Waals surface area contributed by atoms with Crippen LogP contribution in [0.2, 0.25) is 0 Å². The molecular weight excluding hydrogens is 372 g/mol. The number of ether oxygens (including phenoxy) is 1. The van der Waals surface area contributed by atoms with Crippen molar-refractivity contribution >= 4 is 22.9 Å². The molecule has 0 radical (unpaired) electrons. The maximum Gasteiger partial charge on any atom is 0.244 e. The zero-order chi connectivity index (χ0) is 20.9. The lowest BCUT2D eigenvalue weighted by molar-refractivity contribution is -0.116. The van der Waals surface area contributed by atoms with Gasteiger partial charge in [-0.3, -0.25) is 4.79 Å². The predicted octanol–water partition coefficient (Wildman–Crippen LogP) is 5.18. The van der Waals surface area contributed by atoms with Gasteiger partial charge >= 0.3 is 0 Å². The summed E-state index contributed by atoms with van der Waals surface area (Å²) in [5.41, 5.74) is 5.41. The van der Waals surface area contributed by atoms with E-state index in [0.717, 1.165) is 39.0 Å². The Kier molecular flexibility index (Phi) is 5.66. The first-order valence-electron chi connectivity index (χ1n) is 9.89. The number of carbonyl (C=O) groups is 1. The van der Waals surface area contributed by atoms with Gasteiger partial charge in [-0.15, -0.1) is 0 Å². The molecule has 4 rings (SSSR count). The average Bonchev–Trinajstić information content (AvgIpc) is 3.09. The van der Waals surface area contributed by atoms with Crippen LogP contribution in [0.1, 0.15) is 11.1 Å². The summed E-state index contributed by atoms with van der Waals surface area (Å²) >= 11 is 0. The van der Waals surface area contributed by atoms with Crippen LogP contribution in [0.4, 0.5) is 0 Å². The number of rotatable bonds is 6. The van der Waals surface area contributed by atoms with Crippen LogP contribution in [0.5, 0.6) is 5.75 Å². The number of para-hydroxylation sites is 1. The summed E-state index contributed by atoms with van der Waals surface area (Å²) < 4.78 is 7.35. The number of nitrogens with zero attached hydrogens (tertiary/aromatic N) is 1. The SMILES string of the molecule is COc1ccc(CNC(=O)/C=C/c2c(-c3ccccc3)n(C)c3ccccc23)cc1. The molecule has 4 aromatic rings. The molecule has 0 unspecified atom stereocenters. The Bertz CT molecular complexity index is 1190. The fourth-order valence-electron chi connectivity index (χ4n) is 3.69. The van der Waals surface area contributed by atoms with Crippen LogP contribution >= 0.6 is 0 Å². The number of hydrogen-bond acceptors (Lipinski definition) is 2. The molecule has 0 saturated heterocycles. The van der Waals surface area contributed by atoms with Crippen molar-refractivity contribution in [3.8, 4) is 17.0 Å². The minimum absolute atomic E-state index is 0.127. The van der Waals surface area contributed by atoms with E-state index in [4.69, 9.17) is 4.74 Å². The molecular formula is C26H24N2O2. The van der Waals surface area contributed by atoms with Crippen molar-refractivity contribution in [2.45, 2.75) is 6.54 Å². The highest BCUT2D eigenvalue weighted by molar-refractivity contribution is 6.01. The molecule has 4 heteroatoms. The summed E-state index contributed by atoms with van der Waals surface area (Å²) in [5, 5.41) is 4.07. The minimum atomic E-state index is -0.127. The Morgan fingerprint density at radius 2 is 1.67 bits per heavy atom. The summed E-state index contributed by atoms with van der Waals surface area (Å²) in [4.78, 5) is 12.5. The number of fused-ring (bicyclic) bond motifs is 1. The van der Waals surface area contributed by atoms with E-state index in [1.165, 1.54) is 0 Å². The Hall–Kier alpha value is -3.79. The molecule has 0 saturated carbocycles. The topological polar surface area (TPSA) is 43.3 Å². The maximum absolute atomic E-state index is 12.5. The van der Waals surface area contributed by atoms with Crippen LogP contribution in [-0.2, 0) is 18.4 Å². The van der Waals surface area contributed by atoms with Crippen molar-refractivity contribution in [2.24, 2.45) is 7.05 Å². The fraction of sp³-hybridized carbons (Fsp3) is 0.115. The molecule has 0 spiro atoms. The molecule has 0 bridgehead atoms. The first-order chi connectivity index (χ1) is 14.7. The van der Waals surface area contributed by atoms with Crippen LogP contribution in [0.15, 0.2) is 84.9 Å². The second-order valence-electron chi connectivity index (χ2n) is 7.10. The Morgan fingerprint density at radius 1 is 0.967 bits per heavy atom. The summed E-state index contributed by atoms with van der Waals surface area (Å²) in [5.74, 6) is 0.673. The Balaban J connectivity index is 1.59. The standard InChI is InChI=1S/C26H24N2O2/c1-28-24-11-7-6-10-22(24)23(26(28)20-8-4-3-5-9-20)16-17-25(29)27-18-19-12-14-21(30-2)15-13-19/h3-17H,18H2,1-2H3,(H,27,29)/b17-16+. The zero-order valence-corrected chi connectivity index (χ0v) is 17.1. The zero-order valence-electron chi connectivity index (χ0n) is 17.1. The monoisotopic (exact) mass is 396 g/mol. The third-order valence-corrected chi connectivity index (χ3v) is 5.22. The number of methoxy groups -OCH3 is 1. The van der Waals surface area contributed by atoms with Gasteiger partial charge in [0.25, 0.3) is 0 Å². The lowest BCUT2D eigenvalue weighted by Crippen LogP contribution is -2.20. The van der Waals surface area contributed by atoms with Gasteiger partial charge in [-0.2, -0.15) is 0 Å². The largest absolute Gasteiger partial charge is 0.497 e. The number of hydrogen-bond donors (Lipinski definition) is 1. The summed E-state index contributed by atoms with van der Waals surface area (Å²) in [6.07, 6.45) is 3.52. The van der Waals surface area contributed by atoms with Crippen molar-refractivity contribution in [2.75, 3.05) is 7.11 Å². The van der Waals surface area contributed by atoms with E-state index in [-0.39, 0.29) is 5.91 Å². The number of aromatic nitrogens is 1. The van der Waals surface area contributed by atoms with Crippen LogP contribution in [0.3, 0.4) is 0 Å². The van der Waals surface area contributed by atoms with Gasteiger partial charge in [-0.05, 0) is 35.4 Å². The van der Waals surface area contributed by atoms with Gasteiger partial charge in [-0.25, -0.2) is 0 Å². The first-order valence-corrected chi connectivity index (χ1v) is 9.89. The van der Waals surface area contributed by atoms with Crippen molar-refractivity contribution < 1.29 is 9.53 Å². The molecule has 1 N–H and O–H groups in total. The molecule has 3 aromatic carbocycles. The minimum Gasteiger partial charge on any atom is -0.497 e. The van der Waals surface area contributed by atoms with E-state index in [0.29, 0.717) is 6.54 Å². The first kappa shape index (κ1) is 19.5. The van der Waals surface area contributed by atoms with Gasteiger partial charge in [0, 0.05) is 36.1 Å². The van der Waals surface area contributed by atoms with Gasteiger partial charge in [0.1, 0.15) is 5.75 Å².